The van der Waals surface area contributed by atoms with E-state index in [0.717, 1.165) is 30.8 Å². The number of aromatic nitrogens is 1. The molecule has 5 nitrogen and oxygen atoms in total. The number of nitrogens with one attached hydrogen (secondary N) is 1. The van der Waals surface area contributed by atoms with Gasteiger partial charge >= 0.3 is 0 Å². The molecule has 1 saturated heterocycles. The van der Waals surface area contributed by atoms with Crippen molar-refractivity contribution in [3.8, 4) is 5.75 Å². The number of likely N-dealkylation sites (tertiary alicyclic amines) is 1. The van der Waals surface area contributed by atoms with Crippen LogP contribution in [0.3, 0.4) is 0 Å². The topological polar surface area (TPSA) is 54.5 Å². The molecule has 1 atom stereocenters. The summed E-state index contributed by atoms with van der Waals surface area (Å²) >= 11 is 0. The number of rotatable bonds is 8. The largest absolute Gasteiger partial charge is 0.497 e. The maximum absolute atomic E-state index is 12.4. The molecule has 0 spiro atoms. The lowest BCUT2D eigenvalue weighted by molar-refractivity contribution is -0.121. The predicted octanol–water partition coefficient (Wildman–Crippen LogP) is 3.37. The van der Waals surface area contributed by atoms with Gasteiger partial charge in [0.05, 0.1) is 13.2 Å². The molecule has 1 fully saturated rings. The van der Waals surface area contributed by atoms with Crippen LogP contribution in [0.4, 0.5) is 0 Å². The fraction of sp³-hybridized carbons (Fsp3) is 0.455. The molecule has 3 rings (SSSR count). The highest BCUT2D eigenvalue weighted by Gasteiger charge is 2.22. The van der Waals surface area contributed by atoms with Crippen LogP contribution in [0.25, 0.3) is 0 Å². The molecule has 5 heteroatoms. The average molecular weight is 367 g/mol. The normalized spacial score (nSPS) is 15.9. The number of aryl methyl sites for hydroxylation is 1. The molecule has 144 valence electrons. The molecule has 1 aliphatic heterocycles. The third-order valence-electron chi connectivity index (χ3n) is 5.19. The maximum Gasteiger partial charge on any atom is 0.220 e. The van der Waals surface area contributed by atoms with Crippen molar-refractivity contribution in [3.63, 3.8) is 0 Å². The summed E-state index contributed by atoms with van der Waals surface area (Å²) < 4.78 is 5.28. The Labute approximate surface area is 161 Å². The minimum Gasteiger partial charge on any atom is -0.497 e. The van der Waals surface area contributed by atoms with E-state index in [4.69, 9.17) is 4.74 Å². The summed E-state index contributed by atoms with van der Waals surface area (Å²) in [7, 11) is 1.68. The molecular formula is C22H29N3O2. The van der Waals surface area contributed by atoms with E-state index in [1.807, 2.05) is 30.5 Å². The summed E-state index contributed by atoms with van der Waals surface area (Å²) in [6, 6.07) is 12.3. The molecule has 1 aromatic carbocycles. The van der Waals surface area contributed by atoms with Crippen molar-refractivity contribution in [2.75, 3.05) is 26.7 Å². The van der Waals surface area contributed by atoms with Crippen molar-refractivity contribution in [2.24, 2.45) is 0 Å². The lowest BCUT2D eigenvalue weighted by Crippen LogP contribution is -2.40. The highest BCUT2D eigenvalue weighted by atomic mass is 16.5. The molecule has 2 heterocycles. The number of nitrogens with zero attached hydrogens (tertiary/aromatic N) is 2. The van der Waals surface area contributed by atoms with Crippen LogP contribution in [0, 0.1) is 0 Å². The van der Waals surface area contributed by atoms with Crippen molar-refractivity contribution in [2.45, 2.75) is 38.1 Å². The molecule has 0 bridgehead atoms. The Balaban J connectivity index is 1.59. The van der Waals surface area contributed by atoms with Gasteiger partial charge in [0.2, 0.25) is 5.91 Å². The van der Waals surface area contributed by atoms with Gasteiger partial charge in [-0.25, -0.2) is 0 Å². The zero-order valence-electron chi connectivity index (χ0n) is 16.1. The molecule has 0 aliphatic carbocycles. The van der Waals surface area contributed by atoms with Crippen LogP contribution in [0.1, 0.15) is 42.9 Å². The first-order chi connectivity index (χ1) is 13.3. The van der Waals surface area contributed by atoms with Gasteiger partial charge in [0.15, 0.2) is 0 Å². The second kappa shape index (κ2) is 10.1. The zero-order chi connectivity index (χ0) is 18.9. The number of carbonyl (C=O) groups is 1. The molecule has 0 saturated carbocycles. The quantitative estimate of drug-likeness (QED) is 0.777. The fourth-order valence-electron chi connectivity index (χ4n) is 3.62. The van der Waals surface area contributed by atoms with Crippen LogP contribution in [0.15, 0.2) is 48.8 Å². The van der Waals surface area contributed by atoms with Gasteiger partial charge in [-0.3, -0.25) is 14.7 Å². The van der Waals surface area contributed by atoms with Gasteiger partial charge in [-0.1, -0.05) is 24.6 Å². The number of amides is 1. The summed E-state index contributed by atoms with van der Waals surface area (Å²) in [5, 5.41) is 3.15. The third kappa shape index (κ3) is 5.79. The van der Waals surface area contributed by atoms with Crippen molar-refractivity contribution in [3.05, 3.63) is 59.9 Å². The second-order valence-corrected chi connectivity index (χ2v) is 7.05. The van der Waals surface area contributed by atoms with Gasteiger partial charge in [0.25, 0.3) is 0 Å². The summed E-state index contributed by atoms with van der Waals surface area (Å²) in [5.41, 5.74) is 2.32. The van der Waals surface area contributed by atoms with E-state index in [1.165, 1.54) is 24.8 Å². The Morgan fingerprint density at radius 3 is 2.63 bits per heavy atom. The van der Waals surface area contributed by atoms with Gasteiger partial charge < -0.3 is 10.1 Å². The van der Waals surface area contributed by atoms with E-state index in [2.05, 4.69) is 27.3 Å². The van der Waals surface area contributed by atoms with Gasteiger partial charge in [0.1, 0.15) is 5.75 Å². The van der Waals surface area contributed by atoms with Gasteiger partial charge in [0, 0.05) is 25.4 Å². The molecule has 1 aliphatic rings. The Bertz CT molecular complexity index is 697. The zero-order valence-corrected chi connectivity index (χ0v) is 16.1. The van der Waals surface area contributed by atoms with E-state index in [-0.39, 0.29) is 11.9 Å². The van der Waals surface area contributed by atoms with Crippen LogP contribution < -0.4 is 10.1 Å². The van der Waals surface area contributed by atoms with Gasteiger partial charge in [-0.2, -0.15) is 0 Å². The van der Waals surface area contributed by atoms with Crippen LogP contribution in [-0.2, 0) is 11.2 Å². The Hall–Kier alpha value is -2.40. The minimum atomic E-state index is 0.0920. The number of methoxy groups -OCH3 is 1. The molecule has 1 unspecified atom stereocenters. The summed E-state index contributed by atoms with van der Waals surface area (Å²) in [6.45, 7) is 2.81. The monoisotopic (exact) mass is 367 g/mol. The van der Waals surface area contributed by atoms with E-state index >= 15 is 0 Å². The Morgan fingerprint density at radius 1 is 1.19 bits per heavy atom. The number of benzene rings is 1. The summed E-state index contributed by atoms with van der Waals surface area (Å²) in [6.07, 6.45) is 8.52. The van der Waals surface area contributed by atoms with Crippen molar-refractivity contribution < 1.29 is 9.53 Å². The SMILES string of the molecule is COc1ccc(C(CNC(=O)CCc2cccnc2)N2CCCCC2)cc1. The van der Waals surface area contributed by atoms with Crippen molar-refractivity contribution in [1.29, 1.82) is 0 Å². The van der Waals surface area contributed by atoms with E-state index < -0.39 is 0 Å². The number of carbonyl (C=O) groups excluding carboxylic acids is 1. The van der Waals surface area contributed by atoms with E-state index in [1.54, 1.807) is 13.3 Å². The Morgan fingerprint density at radius 2 is 1.96 bits per heavy atom. The van der Waals surface area contributed by atoms with Crippen LogP contribution in [-0.4, -0.2) is 42.5 Å². The molecule has 1 aromatic heterocycles. The summed E-state index contributed by atoms with van der Waals surface area (Å²) in [4.78, 5) is 19.0. The average Bonchev–Trinajstić information content (AvgIpc) is 2.74. The number of hydrogen-bond acceptors (Lipinski definition) is 4. The van der Waals surface area contributed by atoms with Gasteiger partial charge in [-0.15, -0.1) is 0 Å². The predicted molar refractivity (Wildman–Crippen MR) is 107 cm³/mol. The first-order valence-corrected chi connectivity index (χ1v) is 9.80. The Kier molecular flexibility index (Phi) is 7.22. The molecule has 1 amide bonds. The van der Waals surface area contributed by atoms with Gasteiger partial charge in [-0.05, 0) is 61.7 Å². The van der Waals surface area contributed by atoms with Crippen LogP contribution >= 0.6 is 0 Å². The number of piperidine rings is 1. The van der Waals surface area contributed by atoms with Crippen molar-refractivity contribution >= 4 is 5.91 Å². The number of pyridine rings is 1. The number of hydrogen-bond donors (Lipinski definition) is 1. The molecule has 2 aromatic rings. The third-order valence-corrected chi connectivity index (χ3v) is 5.19. The lowest BCUT2D eigenvalue weighted by atomic mass is 10.0. The highest BCUT2D eigenvalue weighted by Crippen LogP contribution is 2.25. The second-order valence-electron chi connectivity index (χ2n) is 7.05. The first-order valence-electron chi connectivity index (χ1n) is 9.80. The van der Waals surface area contributed by atoms with E-state index in [0.29, 0.717) is 13.0 Å². The van der Waals surface area contributed by atoms with Crippen LogP contribution in [0.2, 0.25) is 0 Å². The highest BCUT2D eigenvalue weighted by molar-refractivity contribution is 5.76. The molecular weight excluding hydrogens is 338 g/mol. The fourth-order valence-corrected chi connectivity index (χ4v) is 3.62. The first kappa shape index (κ1) is 19.4. The van der Waals surface area contributed by atoms with Crippen LogP contribution in [0.5, 0.6) is 5.75 Å². The van der Waals surface area contributed by atoms with Crippen molar-refractivity contribution in [1.82, 2.24) is 15.2 Å². The molecule has 1 N–H and O–H groups in total. The van der Waals surface area contributed by atoms with E-state index in [9.17, 15) is 4.79 Å². The minimum absolute atomic E-state index is 0.0920. The summed E-state index contributed by atoms with van der Waals surface area (Å²) in [5.74, 6) is 0.950. The number of ether oxygens (including phenoxy) is 1. The standard InChI is InChI=1S/C22H29N3O2/c1-27-20-10-8-19(9-11-20)21(25-14-3-2-4-15-25)17-24-22(26)12-7-18-6-5-13-23-16-18/h5-6,8-11,13,16,21H,2-4,7,12,14-15,17H2,1H3,(H,24,26). The lowest BCUT2D eigenvalue weighted by Gasteiger charge is -2.35. The molecule has 27 heavy (non-hydrogen) atoms. The smallest absolute Gasteiger partial charge is 0.220 e. The maximum atomic E-state index is 12.4. The molecule has 0 radical (unpaired) electrons.